The molecule has 0 aromatic heterocycles. The van der Waals surface area contributed by atoms with E-state index in [2.05, 4.69) is 0 Å². The van der Waals surface area contributed by atoms with Crippen LogP contribution in [0.4, 0.5) is 0 Å². The zero-order chi connectivity index (χ0) is 35.8. The third-order valence-corrected chi connectivity index (χ3v) is 7.95. The third-order valence-electron chi connectivity index (χ3n) is 7.95. The SMILES string of the molecule is COc1ccc(CCO[C@@H]2O[C@H](CO)[C@@H](OC(=O)/C=C/c3ccc(O)c(OC)c3)[C@H](O[C@@H]3O[C@@H](C)[C@H](O)[C@@H](OC(C)=O)[C@H]3O)[C@H]2O)cc1O. The molecule has 2 aliphatic heterocycles. The molecule has 2 saturated heterocycles. The molecule has 16 heteroatoms. The molecule has 270 valence electrons. The zero-order valence-electron chi connectivity index (χ0n) is 27.3. The molecule has 2 aromatic carbocycles. The predicted octanol–water partition coefficient (Wildman–Crippen LogP) is 0.161. The highest BCUT2D eigenvalue weighted by Gasteiger charge is 2.53. The van der Waals surface area contributed by atoms with Gasteiger partial charge in [0.25, 0.3) is 0 Å². The van der Waals surface area contributed by atoms with Crippen LogP contribution in [0, 0.1) is 0 Å². The Morgan fingerprint density at radius 1 is 0.837 bits per heavy atom. The van der Waals surface area contributed by atoms with Crippen molar-refractivity contribution in [2.45, 2.75) is 81.7 Å². The highest BCUT2D eigenvalue weighted by Crippen LogP contribution is 2.33. The summed E-state index contributed by atoms with van der Waals surface area (Å²) in [5.74, 6) is -1.46. The van der Waals surface area contributed by atoms with E-state index in [9.17, 15) is 40.2 Å². The normalized spacial score (nSPS) is 30.1. The molecule has 2 aliphatic rings. The number of hydrogen-bond donors (Lipinski definition) is 6. The first-order chi connectivity index (χ1) is 23.4. The van der Waals surface area contributed by atoms with E-state index in [4.69, 9.17) is 37.9 Å². The van der Waals surface area contributed by atoms with Gasteiger partial charge >= 0.3 is 11.9 Å². The van der Waals surface area contributed by atoms with Crippen LogP contribution in [0.2, 0.25) is 0 Å². The summed E-state index contributed by atoms with van der Waals surface area (Å²) in [6.07, 6.45) is -12.1. The number of rotatable bonds is 13. The van der Waals surface area contributed by atoms with E-state index >= 15 is 0 Å². The second kappa shape index (κ2) is 17.1. The molecule has 2 fully saturated rings. The Bertz CT molecular complexity index is 1450. The first-order valence-corrected chi connectivity index (χ1v) is 15.4. The van der Waals surface area contributed by atoms with Crippen LogP contribution in [0.3, 0.4) is 0 Å². The van der Waals surface area contributed by atoms with Gasteiger partial charge in [0, 0.05) is 13.0 Å². The lowest BCUT2D eigenvalue weighted by Gasteiger charge is -2.46. The van der Waals surface area contributed by atoms with Crippen LogP contribution >= 0.6 is 0 Å². The first-order valence-electron chi connectivity index (χ1n) is 15.4. The van der Waals surface area contributed by atoms with Gasteiger partial charge in [0.15, 0.2) is 47.8 Å². The number of aromatic hydroxyl groups is 2. The number of esters is 2. The molecule has 2 aromatic rings. The maximum Gasteiger partial charge on any atom is 0.331 e. The number of methoxy groups -OCH3 is 2. The van der Waals surface area contributed by atoms with Crippen molar-refractivity contribution in [3.63, 3.8) is 0 Å². The maximum atomic E-state index is 13.0. The van der Waals surface area contributed by atoms with Crippen molar-refractivity contribution in [2.75, 3.05) is 27.4 Å². The number of aliphatic hydroxyl groups excluding tert-OH is 4. The Kier molecular flexibility index (Phi) is 13.2. The smallest absolute Gasteiger partial charge is 0.331 e. The van der Waals surface area contributed by atoms with Gasteiger partial charge in [0.1, 0.15) is 30.5 Å². The molecule has 4 rings (SSSR count). The number of aliphatic hydroxyl groups is 4. The van der Waals surface area contributed by atoms with Gasteiger partial charge in [0.2, 0.25) is 0 Å². The van der Waals surface area contributed by atoms with E-state index in [0.717, 1.165) is 13.0 Å². The van der Waals surface area contributed by atoms with E-state index in [0.29, 0.717) is 11.1 Å². The molecule has 49 heavy (non-hydrogen) atoms. The molecule has 16 nitrogen and oxygen atoms in total. The minimum Gasteiger partial charge on any atom is -0.504 e. The summed E-state index contributed by atoms with van der Waals surface area (Å²) in [6, 6.07) is 9.12. The largest absolute Gasteiger partial charge is 0.504 e. The average Bonchev–Trinajstić information content (AvgIpc) is 3.07. The second-order valence-corrected chi connectivity index (χ2v) is 11.4. The highest BCUT2D eigenvalue weighted by atomic mass is 16.7. The first kappa shape index (κ1) is 37.8. The van der Waals surface area contributed by atoms with E-state index in [1.165, 1.54) is 51.5 Å². The lowest BCUT2D eigenvalue weighted by molar-refractivity contribution is -0.357. The Hall–Kier alpha value is -4.00. The minimum absolute atomic E-state index is 0.0397. The fourth-order valence-electron chi connectivity index (χ4n) is 5.39. The van der Waals surface area contributed by atoms with Crippen LogP contribution in [-0.2, 0) is 44.4 Å². The van der Waals surface area contributed by atoms with Crippen molar-refractivity contribution >= 4 is 18.0 Å². The quantitative estimate of drug-likeness (QED) is 0.121. The Morgan fingerprint density at radius 3 is 2.20 bits per heavy atom. The number of carbonyl (C=O) groups excluding carboxylic acids is 2. The van der Waals surface area contributed by atoms with Crippen LogP contribution in [0.15, 0.2) is 42.5 Å². The van der Waals surface area contributed by atoms with Crippen molar-refractivity contribution in [1.82, 2.24) is 0 Å². The molecule has 0 saturated carbocycles. The topological polar surface area (TPSA) is 229 Å². The molecule has 6 N–H and O–H groups in total. The highest BCUT2D eigenvalue weighted by molar-refractivity contribution is 5.87. The number of phenolic OH excluding ortho intramolecular Hbond substituents is 2. The molecule has 0 radical (unpaired) electrons. The lowest BCUT2D eigenvalue weighted by atomic mass is 9.96. The van der Waals surface area contributed by atoms with Crippen LogP contribution in [0.25, 0.3) is 6.08 Å². The van der Waals surface area contributed by atoms with Crippen molar-refractivity contribution < 1.29 is 78.1 Å². The standard InChI is InChI=1S/C33H42O16/c1-16-26(39)30(46-17(2)35)27(40)33(45-16)49-31-28(41)32(44-12-11-19-6-9-22(42-3)21(37)13-19)47-24(15-34)29(31)48-25(38)10-7-18-5-8-20(36)23(14-18)43-4/h5-10,13-14,16,24,26-34,36-37,39-41H,11-12,15H2,1-4H3/b10-7+/t16-,24+,26-,27+,28+,29+,30+,31+,32+,33-/m0/s1. The number of carbonyl (C=O) groups is 2. The minimum atomic E-state index is -1.75. The molecule has 0 aliphatic carbocycles. The molecule has 10 atom stereocenters. The van der Waals surface area contributed by atoms with Gasteiger partial charge < -0.3 is 68.5 Å². The van der Waals surface area contributed by atoms with Gasteiger partial charge in [0.05, 0.1) is 33.5 Å². The van der Waals surface area contributed by atoms with Crippen LogP contribution in [0.5, 0.6) is 23.0 Å². The summed E-state index contributed by atoms with van der Waals surface area (Å²) in [5, 5.41) is 63.1. The van der Waals surface area contributed by atoms with Crippen LogP contribution in [-0.4, -0.2) is 131 Å². The lowest BCUT2D eigenvalue weighted by Crippen LogP contribution is -2.65. The zero-order valence-corrected chi connectivity index (χ0v) is 27.3. The molecule has 0 unspecified atom stereocenters. The van der Waals surface area contributed by atoms with Crippen LogP contribution < -0.4 is 9.47 Å². The fraction of sp³-hybridized carbons (Fsp3) is 0.515. The summed E-state index contributed by atoms with van der Waals surface area (Å²) in [7, 11) is 2.78. The summed E-state index contributed by atoms with van der Waals surface area (Å²) in [4.78, 5) is 24.7. The van der Waals surface area contributed by atoms with E-state index < -0.39 is 80.0 Å². The Morgan fingerprint density at radius 2 is 1.55 bits per heavy atom. The van der Waals surface area contributed by atoms with Crippen molar-refractivity contribution in [1.29, 1.82) is 0 Å². The van der Waals surface area contributed by atoms with E-state index in [-0.39, 0.29) is 36.0 Å². The number of phenols is 2. The maximum absolute atomic E-state index is 13.0. The van der Waals surface area contributed by atoms with Crippen molar-refractivity contribution in [2.24, 2.45) is 0 Å². The monoisotopic (exact) mass is 694 g/mol. The van der Waals surface area contributed by atoms with Gasteiger partial charge in [-0.1, -0.05) is 12.1 Å². The molecule has 2 heterocycles. The Balaban J connectivity index is 1.56. The van der Waals surface area contributed by atoms with Crippen LogP contribution in [0.1, 0.15) is 25.0 Å². The van der Waals surface area contributed by atoms with Crippen molar-refractivity contribution in [3.05, 3.63) is 53.6 Å². The van der Waals surface area contributed by atoms with Gasteiger partial charge in [-0.3, -0.25) is 4.79 Å². The number of ether oxygens (including phenoxy) is 8. The third kappa shape index (κ3) is 9.37. The van der Waals surface area contributed by atoms with Gasteiger partial charge in [-0.15, -0.1) is 0 Å². The fourth-order valence-corrected chi connectivity index (χ4v) is 5.39. The molecule has 0 spiro atoms. The molecule has 0 amide bonds. The molecular formula is C33H42O16. The number of benzene rings is 2. The van der Waals surface area contributed by atoms with Gasteiger partial charge in [-0.25, -0.2) is 4.79 Å². The van der Waals surface area contributed by atoms with Gasteiger partial charge in [-0.2, -0.15) is 0 Å². The summed E-state index contributed by atoms with van der Waals surface area (Å²) >= 11 is 0. The molecule has 0 bridgehead atoms. The van der Waals surface area contributed by atoms with Crippen molar-refractivity contribution in [3.8, 4) is 23.0 Å². The summed E-state index contributed by atoms with van der Waals surface area (Å²) in [5.41, 5.74) is 1.14. The summed E-state index contributed by atoms with van der Waals surface area (Å²) < 4.78 is 44.1. The summed E-state index contributed by atoms with van der Waals surface area (Å²) in [6.45, 7) is 1.77. The Labute approximate surface area is 281 Å². The average molecular weight is 695 g/mol. The molecular weight excluding hydrogens is 652 g/mol. The van der Waals surface area contributed by atoms with E-state index in [1.54, 1.807) is 12.1 Å². The van der Waals surface area contributed by atoms with Gasteiger partial charge in [-0.05, 0) is 54.8 Å². The predicted molar refractivity (Wildman–Crippen MR) is 166 cm³/mol. The van der Waals surface area contributed by atoms with E-state index in [1.807, 2.05) is 0 Å². The number of hydrogen-bond acceptors (Lipinski definition) is 16. The second-order valence-electron chi connectivity index (χ2n) is 11.4.